The monoisotopic (exact) mass is 658 g/mol. The molecule has 0 aromatic carbocycles. The molecule has 2 atom stereocenters. The largest absolute Gasteiger partial charge is 0.462 e. The van der Waals surface area contributed by atoms with Gasteiger partial charge in [0.1, 0.15) is 12.7 Å². The number of aliphatic hydroxyl groups excluding tert-OH is 1. The molecule has 0 saturated heterocycles. The smallest absolute Gasteiger partial charge is 0.306 e. The molecule has 0 fully saturated rings. The molecule has 0 bridgehead atoms. The second-order valence-corrected chi connectivity index (χ2v) is 14.3. The van der Waals surface area contributed by atoms with Gasteiger partial charge in [0.15, 0.2) is 0 Å². The zero-order valence-electron chi connectivity index (χ0n) is 29.8. The van der Waals surface area contributed by atoms with Crippen LogP contribution < -0.4 is 5.73 Å². The summed E-state index contributed by atoms with van der Waals surface area (Å²) in [6.07, 6.45) is 33.4. The van der Waals surface area contributed by atoms with Gasteiger partial charge in [-0.2, -0.15) is 11.8 Å². The molecule has 0 aromatic heterocycles. The predicted molar refractivity (Wildman–Crippen MR) is 194 cm³/mol. The van der Waals surface area contributed by atoms with Crippen molar-refractivity contribution in [3.63, 3.8) is 0 Å². The Balaban J connectivity index is 3.98. The molecule has 6 nitrogen and oxygen atoms in total. The number of carbonyl (C=O) groups is 2. The van der Waals surface area contributed by atoms with E-state index in [1.54, 1.807) is 0 Å². The Bertz CT molecular complexity index is 635. The van der Waals surface area contributed by atoms with Gasteiger partial charge in [0.25, 0.3) is 0 Å². The lowest BCUT2D eigenvalue weighted by Gasteiger charge is -2.18. The molecule has 0 amide bonds. The molecule has 0 spiro atoms. The minimum absolute atomic E-state index is 0.0788. The number of hydrogen-bond donors (Lipinski definition) is 2. The molecule has 3 N–H and O–H groups in total. The summed E-state index contributed by atoms with van der Waals surface area (Å²) in [4.78, 5) is 24.9. The summed E-state index contributed by atoms with van der Waals surface area (Å²) in [5.41, 5.74) is 5.82. The Morgan fingerprint density at radius 2 is 0.911 bits per heavy atom. The van der Waals surface area contributed by atoms with Crippen LogP contribution in [-0.2, 0) is 19.1 Å². The minimum Gasteiger partial charge on any atom is -0.462 e. The van der Waals surface area contributed by atoms with Crippen molar-refractivity contribution in [1.82, 2.24) is 0 Å². The number of thioether (sulfide) groups is 1. The molecule has 7 heteroatoms. The normalized spacial score (nSPS) is 12.7. The zero-order chi connectivity index (χ0) is 33.1. The zero-order valence-corrected chi connectivity index (χ0v) is 30.7. The third-order valence-corrected chi connectivity index (χ3v) is 9.84. The van der Waals surface area contributed by atoms with E-state index < -0.39 is 6.10 Å². The van der Waals surface area contributed by atoms with Crippen molar-refractivity contribution in [2.24, 2.45) is 5.73 Å². The number of hydrogen-bond acceptors (Lipinski definition) is 7. The van der Waals surface area contributed by atoms with E-state index in [0.717, 1.165) is 25.7 Å². The summed E-state index contributed by atoms with van der Waals surface area (Å²) in [5.74, 6) is 0.635. The van der Waals surface area contributed by atoms with Crippen LogP contribution in [-0.4, -0.2) is 53.9 Å². The summed E-state index contributed by atoms with van der Waals surface area (Å²) < 4.78 is 11.2. The van der Waals surface area contributed by atoms with Crippen molar-refractivity contribution < 1.29 is 24.2 Å². The maximum absolute atomic E-state index is 12.5. The fourth-order valence-corrected chi connectivity index (χ4v) is 6.57. The molecule has 0 aliphatic carbocycles. The standard InChI is InChI=1S/C38H75NO5S/c1-3-5-7-9-11-13-15-17-19-21-23-25-27-29-37(41)43-32-36(34-45-33-35(39)31-40)44-38(42)30-28-26-24-22-20-18-16-14-12-10-8-6-4-2/h35-36,40H,3-34,39H2,1-2H3/t35-,36-/m1/s1. The number of rotatable bonds is 36. The van der Waals surface area contributed by atoms with Gasteiger partial charge >= 0.3 is 11.9 Å². The van der Waals surface area contributed by atoms with Crippen LogP contribution in [0.4, 0.5) is 0 Å². The van der Waals surface area contributed by atoms with E-state index >= 15 is 0 Å². The Kier molecular flexibility index (Phi) is 35.4. The van der Waals surface area contributed by atoms with Gasteiger partial charge in [-0.3, -0.25) is 9.59 Å². The van der Waals surface area contributed by atoms with Gasteiger partial charge in [-0.05, 0) is 12.8 Å². The molecular formula is C38H75NO5S. The van der Waals surface area contributed by atoms with E-state index in [2.05, 4.69) is 13.8 Å². The number of esters is 2. The Morgan fingerprint density at radius 1 is 0.556 bits per heavy atom. The van der Waals surface area contributed by atoms with Gasteiger partial charge in [0, 0.05) is 30.4 Å². The minimum atomic E-state index is -0.481. The van der Waals surface area contributed by atoms with Crippen LogP contribution in [0.2, 0.25) is 0 Å². The van der Waals surface area contributed by atoms with E-state index in [4.69, 9.17) is 15.2 Å². The second kappa shape index (κ2) is 36.1. The van der Waals surface area contributed by atoms with Crippen LogP contribution in [0.1, 0.15) is 194 Å². The Morgan fingerprint density at radius 3 is 1.29 bits per heavy atom. The topological polar surface area (TPSA) is 98.8 Å². The number of nitrogens with two attached hydrogens (primary N) is 1. The van der Waals surface area contributed by atoms with Crippen LogP contribution in [0.25, 0.3) is 0 Å². The first-order valence-electron chi connectivity index (χ1n) is 19.3. The first-order chi connectivity index (χ1) is 22.0. The lowest BCUT2D eigenvalue weighted by Crippen LogP contribution is -2.30. The number of unbranched alkanes of at least 4 members (excludes halogenated alkanes) is 24. The summed E-state index contributed by atoms with van der Waals surface area (Å²) in [5, 5.41) is 9.20. The molecule has 45 heavy (non-hydrogen) atoms. The van der Waals surface area contributed by atoms with Gasteiger partial charge in [0.2, 0.25) is 0 Å². The van der Waals surface area contributed by atoms with Crippen molar-refractivity contribution in [3.05, 3.63) is 0 Å². The predicted octanol–water partition coefficient (Wildman–Crippen LogP) is 10.5. The van der Waals surface area contributed by atoms with Crippen LogP contribution >= 0.6 is 11.8 Å². The molecule has 268 valence electrons. The highest BCUT2D eigenvalue weighted by Gasteiger charge is 2.18. The highest BCUT2D eigenvalue weighted by molar-refractivity contribution is 7.99. The number of ether oxygens (including phenoxy) is 2. The van der Waals surface area contributed by atoms with Crippen LogP contribution in [0.3, 0.4) is 0 Å². The van der Waals surface area contributed by atoms with Crippen LogP contribution in [0.5, 0.6) is 0 Å². The summed E-state index contributed by atoms with van der Waals surface area (Å²) >= 11 is 1.52. The van der Waals surface area contributed by atoms with Gasteiger partial charge in [0.05, 0.1) is 6.61 Å². The maximum Gasteiger partial charge on any atom is 0.306 e. The summed E-state index contributed by atoms with van der Waals surface area (Å²) in [6.45, 7) is 4.53. The molecule has 0 rings (SSSR count). The third kappa shape index (κ3) is 34.4. The fraction of sp³-hybridized carbons (Fsp3) is 0.947. The molecule has 0 heterocycles. The van der Waals surface area contributed by atoms with E-state index in [1.165, 1.54) is 153 Å². The van der Waals surface area contributed by atoms with Crippen molar-refractivity contribution in [2.45, 2.75) is 206 Å². The quantitative estimate of drug-likeness (QED) is 0.0511. The van der Waals surface area contributed by atoms with E-state index in [-0.39, 0.29) is 31.2 Å². The van der Waals surface area contributed by atoms with Crippen molar-refractivity contribution in [2.75, 3.05) is 24.7 Å². The van der Waals surface area contributed by atoms with Crippen LogP contribution in [0, 0.1) is 0 Å². The molecule has 0 unspecified atom stereocenters. The highest BCUT2D eigenvalue weighted by atomic mass is 32.2. The van der Waals surface area contributed by atoms with E-state index in [9.17, 15) is 14.7 Å². The molecular weight excluding hydrogens is 582 g/mol. The number of carbonyl (C=O) groups excluding carboxylic acids is 2. The SMILES string of the molecule is CCCCCCCCCCCCCCCC(=O)OC[C@H](CSC[C@H](N)CO)OC(=O)CCCCCCCCCCCCCCC. The molecule has 0 aliphatic heterocycles. The Labute approximate surface area is 283 Å². The lowest BCUT2D eigenvalue weighted by atomic mass is 10.0. The maximum atomic E-state index is 12.5. The van der Waals surface area contributed by atoms with Gasteiger partial charge in [-0.15, -0.1) is 0 Å². The van der Waals surface area contributed by atoms with E-state index in [1.807, 2.05) is 0 Å². The average Bonchev–Trinajstić information content (AvgIpc) is 3.04. The fourth-order valence-electron chi connectivity index (χ4n) is 5.60. The summed E-state index contributed by atoms with van der Waals surface area (Å²) in [6, 6.07) is -0.310. The lowest BCUT2D eigenvalue weighted by molar-refractivity contribution is -0.157. The van der Waals surface area contributed by atoms with Gasteiger partial charge in [-0.1, -0.05) is 168 Å². The molecule has 0 aliphatic rings. The first-order valence-corrected chi connectivity index (χ1v) is 20.5. The van der Waals surface area contributed by atoms with Crippen molar-refractivity contribution >= 4 is 23.7 Å². The molecule has 0 saturated carbocycles. The average molecular weight is 658 g/mol. The van der Waals surface area contributed by atoms with Crippen molar-refractivity contribution in [3.8, 4) is 0 Å². The second-order valence-electron chi connectivity index (χ2n) is 13.3. The third-order valence-electron chi connectivity index (χ3n) is 8.57. The first kappa shape index (κ1) is 44.2. The summed E-state index contributed by atoms with van der Waals surface area (Å²) in [7, 11) is 0. The van der Waals surface area contributed by atoms with E-state index in [0.29, 0.717) is 24.3 Å². The molecule has 0 aromatic rings. The Hall–Kier alpha value is -0.790. The highest BCUT2D eigenvalue weighted by Crippen LogP contribution is 2.16. The molecule has 0 radical (unpaired) electrons. The van der Waals surface area contributed by atoms with Gasteiger partial charge in [-0.25, -0.2) is 0 Å². The van der Waals surface area contributed by atoms with Crippen LogP contribution in [0.15, 0.2) is 0 Å². The number of aliphatic hydroxyl groups is 1. The van der Waals surface area contributed by atoms with Gasteiger partial charge < -0.3 is 20.3 Å². The van der Waals surface area contributed by atoms with Crippen molar-refractivity contribution in [1.29, 1.82) is 0 Å².